The van der Waals surface area contributed by atoms with Crippen molar-refractivity contribution in [2.45, 2.75) is 151 Å². The Morgan fingerprint density at radius 3 is 1.87 bits per heavy atom. The van der Waals surface area contributed by atoms with Gasteiger partial charge in [-0.1, -0.05) is 95.5 Å². The second kappa shape index (κ2) is 23.9. The van der Waals surface area contributed by atoms with Gasteiger partial charge in [0.2, 0.25) is 0 Å². The largest absolute Gasteiger partial charge is 0.493 e. The van der Waals surface area contributed by atoms with E-state index < -0.39 is 16.8 Å². The number of benzene rings is 3. The summed E-state index contributed by atoms with van der Waals surface area (Å²) >= 11 is 0. The lowest BCUT2D eigenvalue weighted by molar-refractivity contribution is -0.153. The van der Waals surface area contributed by atoms with Crippen molar-refractivity contribution in [2.24, 2.45) is 16.7 Å². The molecule has 0 atom stereocenters. The molecule has 0 saturated heterocycles. The zero-order chi connectivity index (χ0) is 43.7. The standard InChI is InChI=1S/C53H76O7/c1-9-12-28-53(36-54,37-55)29-32-58-49-45(16-13-30-59-50(56)38(4)5)34-47(35-46(49)17-14-31-60-51(57)52(6,7)8)48-27-26-44(33-40(48)11-3)43-24-22-42(23-25-43)41-20-18-39(15-10-2)19-21-41/h22-27,33-35,39,41,54-55H,4,9-21,28-32,36-37H2,1-3,5-8H3. The van der Waals surface area contributed by atoms with E-state index in [4.69, 9.17) is 14.2 Å². The molecule has 1 aliphatic carbocycles. The number of aliphatic hydroxyl groups excluding tert-OH is 2. The number of hydrogen-bond donors (Lipinski definition) is 2. The highest BCUT2D eigenvalue weighted by Crippen LogP contribution is 2.40. The predicted octanol–water partition coefficient (Wildman–Crippen LogP) is 12.2. The number of unbranched alkanes of at least 4 members (excludes halogenated alkanes) is 1. The van der Waals surface area contributed by atoms with Crippen LogP contribution in [-0.4, -0.2) is 55.2 Å². The summed E-state index contributed by atoms with van der Waals surface area (Å²) in [5.74, 6) is 1.69. The van der Waals surface area contributed by atoms with Gasteiger partial charge in [0.25, 0.3) is 0 Å². The van der Waals surface area contributed by atoms with E-state index in [9.17, 15) is 19.8 Å². The van der Waals surface area contributed by atoms with Gasteiger partial charge < -0.3 is 24.4 Å². The van der Waals surface area contributed by atoms with Crippen molar-refractivity contribution in [3.63, 3.8) is 0 Å². The van der Waals surface area contributed by atoms with E-state index in [2.05, 4.69) is 81.9 Å². The summed E-state index contributed by atoms with van der Waals surface area (Å²) < 4.78 is 17.9. The van der Waals surface area contributed by atoms with Gasteiger partial charge in [0.15, 0.2) is 0 Å². The molecule has 330 valence electrons. The van der Waals surface area contributed by atoms with Crippen molar-refractivity contribution in [1.29, 1.82) is 0 Å². The minimum Gasteiger partial charge on any atom is -0.493 e. The van der Waals surface area contributed by atoms with Gasteiger partial charge in [-0.2, -0.15) is 0 Å². The molecule has 0 aromatic heterocycles. The Morgan fingerprint density at radius 2 is 1.32 bits per heavy atom. The van der Waals surface area contributed by atoms with Gasteiger partial charge in [-0.25, -0.2) is 4.79 Å². The van der Waals surface area contributed by atoms with Gasteiger partial charge in [-0.15, -0.1) is 0 Å². The van der Waals surface area contributed by atoms with Gasteiger partial charge in [-0.05, 0) is 167 Å². The van der Waals surface area contributed by atoms with Gasteiger partial charge >= 0.3 is 11.9 Å². The van der Waals surface area contributed by atoms with Crippen LogP contribution in [0.15, 0.2) is 66.7 Å². The third-order valence-corrected chi connectivity index (χ3v) is 12.5. The molecule has 7 nitrogen and oxygen atoms in total. The molecule has 1 fully saturated rings. The Labute approximate surface area is 362 Å². The highest BCUT2D eigenvalue weighted by molar-refractivity contribution is 5.86. The molecule has 0 amide bonds. The predicted molar refractivity (Wildman–Crippen MR) is 245 cm³/mol. The van der Waals surface area contributed by atoms with Crippen LogP contribution in [0, 0.1) is 16.7 Å². The summed E-state index contributed by atoms with van der Waals surface area (Å²) in [5, 5.41) is 20.7. The van der Waals surface area contributed by atoms with E-state index in [1.807, 2.05) is 20.8 Å². The van der Waals surface area contributed by atoms with Crippen molar-refractivity contribution < 1.29 is 34.0 Å². The Balaban J connectivity index is 1.68. The second-order valence-corrected chi connectivity index (χ2v) is 18.5. The first-order chi connectivity index (χ1) is 28.8. The number of esters is 2. The lowest BCUT2D eigenvalue weighted by Crippen LogP contribution is -2.32. The van der Waals surface area contributed by atoms with Gasteiger partial charge in [0, 0.05) is 11.0 Å². The number of aliphatic hydroxyl groups is 2. The molecule has 3 aromatic carbocycles. The fourth-order valence-corrected chi connectivity index (χ4v) is 8.56. The molecule has 2 N–H and O–H groups in total. The topological polar surface area (TPSA) is 102 Å². The summed E-state index contributed by atoms with van der Waals surface area (Å²) in [6.45, 7) is 18.2. The molecule has 4 rings (SSSR count). The zero-order valence-electron chi connectivity index (χ0n) is 38.1. The van der Waals surface area contributed by atoms with E-state index in [1.54, 1.807) is 6.92 Å². The van der Waals surface area contributed by atoms with Crippen LogP contribution in [-0.2, 0) is 38.3 Å². The monoisotopic (exact) mass is 825 g/mol. The summed E-state index contributed by atoms with van der Waals surface area (Å²) in [7, 11) is 0. The Kier molecular flexibility index (Phi) is 19.4. The second-order valence-electron chi connectivity index (χ2n) is 18.5. The third-order valence-electron chi connectivity index (χ3n) is 12.5. The number of ether oxygens (including phenoxy) is 3. The van der Waals surface area contributed by atoms with Crippen LogP contribution < -0.4 is 4.74 Å². The van der Waals surface area contributed by atoms with E-state index in [-0.39, 0.29) is 32.4 Å². The van der Waals surface area contributed by atoms with Crippen molar-refractivity contribution >= 4 is 11.9 Å². The molecule has 0 unspecified atom stereocenters. The van der Waals surface area contributed by atoms with E-state index >= 15 is 0 Å². The Morgan fingerprint density at radius 1 is 0.717 bits per heavy atom. The van der Waals surface area contributed by atoms with Crippen molar-refractivity contribution in [2.75, 3.05) is 33.0 Å². The van der Waals surface area contributed by atoms with Crippen LogP contribution in [0.2, 0.25) is 0 Å². The average molecular weight is 825 g/mol. The van der Waals surface area contributed by atoms with E-state index in [0.717, 1.165) is 53.2 Å². The minimum atomic E-state index is -0.625. The van der Waals surface area contributed by atoms with Crippen LogP contribution in [0.5, 0.6) is 5.75 Å². The average Bonchev–Trinajstić information content (AvgIpc) is 3.25. The number of rotatable bonds is 24. The van der Waals surface area contributed by atoms with E-state index in [0.29, 0.717) is 56.6 Å². The number of hydrogen-bond acceptors (Lipinski definition) is 7. The lowest BCUT2D eigenvalue weighted by Gasteiger charge is -2.30. The number of aryl methyl sites for hydroxylation is 3. The molecular weight excluding hydrogens is 749 g/mol. The summed E-state index contributed by atoms with van der Waals surface area (Å²) in [6.07, 6.45) is 14.3. The number of carbonyl (C=O) groups excluding carboxylic acids is 2. The van der Waals surface area contributed by atoms with E-state index in [1.165, 1.54) is 60.8 Å². The Hall–Kier alpha value is -3.94. The normalized spacial score (nSPS) is 15.8. The highest BCUT2D eigenvalue weighted by Gasteiger charge is 2.29. The van der Waals surface area contributed by atoms with Crippen LogP contribution in [0.4, 0.5) is 0 Å². The minimum absolute atomic E-state index is 0.112. The lowest BCUT2D eigenvalue weighted by atomic mass is 9.77. The maximum absolute atomic E-state index is 12.6. The molecular formula is C53H76O7. The quantitative estimate of drug-likeness (QED) is 0.0527. The summed E-state index contributed by atoms with van der Waals surface area (Å²) in [6, 6.07) is 20.5. The third kappa shape index (κ3) is 14.1. The molecule has 0 heterocycles. The fraction of sp³-hybridized carbons (Fsp3) is 0.585. The maximum atomic E-state index is 12.6. The Bertz CT molecular complexity index is 1810. The molecule has 0 radical (unpaired) electrons. The molecule has 0 bridgehead atoms. The molecule has 1 aliphatic rings. The highest BCUT2D eigenvalue weighted by atomic mass is 16.5. The SMILES string of the molecule is C=C(C)C(=O)OCCCc1cc(-c2ccc(-c3ccc(C4CCC(CCC)CC4)cc3)cc2CC)cc(CCCOC(=O)C(C)(C)C)c1OCCC(CO)(CO)CCCC. The summed E-state index contributed by atoms with van der Waals surface area (Å²) in [5.41, 5.74) is 8.53. The van der Waals surface area contributed by atoms with Crippen LogP contribution in [0.1, 0.15) is 154 Å². The van der Waals surface area contributed by atoms with Gasteiger partial charge in [-0.3, -0.25) is 4.79 Å². The van der Waals surface area contributed by atoms with Gasteiger partial charge in [0.05, 0.1) is 38.4 Å². The van der Waals surface area contributed by atoms with Crippen LogP contribution >= 0.6 is 0 Å². The molecule has 3 aromatic rings. The molecule has 0 aliphatic heterocycles. The van der Waals surface area contributed by atoms with Crippen molar-refractivity contribution in [3.8, 4) is 28.0 Å². The van der Waals surface area contributed by atoms with Crippen molar-refractivity contribution in [1.82, 2.24) is 0 Å². The first kappa shape index (κ1) is 48.7. The smallest absolute Gasteiger partial charge is 0.333 e. The van der Waals surface area contributed by atoms with Gasteiger partial charge in [0.1, 0.15) is 5.75 Å². The molecule has 7 heteroatoms. The van der Waals surface area contributed by atoms with Crippen molar-refractivity contribution in [3.05, 3.63) is 89.0 Å². The molecule has 1 saturated carbocycles. The fourth-order valence-electron chi connectivity index (χ4n) is 8.56. The van der Waals surface area contributed by atoms with Crippen LogP contribution in [0.25, 0.3) is 22.3 Å². The molecule has 0 spiro atoms. The zero-order valence-corrected chi connectivity index (χ0v) is 38.1. The number of carbonyl (C=O) groups is 2. The van der Waals surface area contributed by atoms with Crippen LogP contribution in [0.3, 0.4) is 0 Å². The maximum Gasteiger partial charge on any atom is 0.333 e. The first-order valence-electron chi connectivity index (χ1n) is 23.0. The molecule has 60 heavy (non-hydrogen) atoms. The summed E-state index contributed by atoms with van der Waals surface area (Å²) in [4.78, 5) is 24.9. The first-order valence-corrected chi connectivity index (χ1v) is 23.0.